The highest BCUT2D eigenvalue weighted by Crippen LogP contribution is 2.37. The van der Waals surface area contributed by atoms with Gasteiger partial charge in [-0.25, -0.2) is 4.39 Å². The molecule has 3 aromatic rings. The number of carbonyl (C=O) groups excluding carboxylic acids is 3. The van der Waals surface area contributed by atoms with Crippen LogP contribution in [0.3, 0.4) is 0 Å². The van der Waals surface area contributed by atoms with E-state index in [4.69, 9.17) is 0 Å². The minimum Gasteiger partial charge on any atom is -0.341 e. The third kappa shape index (κ3) is 4.94. The van der Waals surface area contributed by atoms with Gasteiger partial charge in [0.05, 0.1) is 29.0 Å². The molecule has 4 heterocycles. The Morgan fingerprint density at radius 1 is 1.10 bits per heavy atom. The lowest BCUT2D eigenvalue weighted by molar-refractivity contribution is -0.135. The third-order valence-electron chi connectivity index (χ3n) is 9.35. The third-order valence-corrected chi connectivity index (χ3v) is 9.35. The fourth-order valence-corrected chi connectivity index (χ4v) is 7.17. The molecule has 2 amide bonds. The number of likely N-dealkylation sites (tertiary alicyclic amines) is 1. The van der Waals surface area contributed by atoms with Crippen molar-refractivity contribution < 1.29 is 18.8 Å². The number of hydrogen-bond acceptors (Lipinski definition) is 5. The minimum absolute atomic E-state index is 0.0254. The number of hydrogen-bond donors (Lipinski definition) is 1. The van der Waals surface area contributed by atoms with Gasteiger partial charge in [0, 0.05) is 61.0 Å². The molecular weight excluding hydrogens is 521 g/mol. The van der Waals surface area contributed by atoms with Crippen molar-refractivity contribution in [2.45, 2.75) is 71.0 Å². The molecule has 0 spiro atoms. The van der Waals surface area contributed by atoms with Crippen molar-refractivity contribution in [3.05, 3.63) is 59.8 Å². The summed E-state index contributed by atoms with van der Waals surface area (Å²) in [6.45, 7) is 7.39. The molecule has 0 radical (unpaired) electrons. The molecule has 41 heavy (non-hydrogen) atoms. The van der Waals surface area contributed by atoms with E-state index in [1.54, 1.807) is 34.1 Å². The fraction of sp³-hybridized carbons (Fsp3) is 0.500. The lowest BCUT2D eigenvalue weighted by Gasteiger charge is -2.35. The smallest absolute Gasteiger partial charge is 0.256 e. The first kappa shape index (κ1) is 27.6. The summed E-state index contributed by atoms with van der Waals surface area (Å²) >= 11 is 0. The number of carbonyl (C=O) groups is 3. The van der Waals surface area contributed by atoms with E-state index < -0.39 is 5.82 Å². The molecule has 2 saturated heterocycles. The van der Waals surface area contributed by atoms with Crippen LogP contribution in [0.1, 0.15) is 73.6 Å². The standard InChI is InChI=1S/C32H38FN5O3/c1-4-37(19(2)3)31(40)25-16-22(33)6-8-27(25)38-18-26(24-9-12-34-17-28(24)38)30(39)20-10-13-36(14-11-20)32(41)29-21-5-7-23(15-21)35-29/h6,8-9,12,16-21,23,29,35H,4-5,7,10-11,13-15H2,1-3H3/t21-,23+,29-/m0/s1. The molecule has 0 unspecified atom stereocenters. The molecule has 1 saturated carbocycles. The Kier molecular flexibility index (Phi) is 7.40. The molecule has 3 aliphatic rings. The lowest BCUT2D eigenvalue weighted by atomic mass is 9.88. The quantitative estimate of drug-likeness (QED) is 0.428. The van der Waals surface area contributed by atoms with Crippen LogP contribution in [0.15, 0.2) is 42.9 Å². The van der Waals surface area contributed by atoms with Crippen LogP contribution >= 0.6 is 0 Å². The fourth-order valence-electron chi connectivity index (χ4n) is 7.17. The minimum atomic E-state index is -0.496. The highest BCUT2D eigenvalue weighted by molar-refractivity contribution is 6.10. The van der Waals surface area contributed by atoms with Crippen molar-refractivity contribution in [2.24, 2.45) is 11.8 Å². The average Bonchev–Trinajstić information content (AvgIpc) is 3.72. The van der Waals surface area contributed by atoms with Gasteiger partial charge < -0.3 is 19.7 Å². The number of amides is 2. The number of rotatable bonds is 7. The number of aromatic nitrogens is 2. The normalized spacial score (nSPS) is 22.6. The molecule has 8 nitrogen and oxygen atoms in total. The first-order valence-electron chi connectivity index (χ1n) is 14.9. The number of ketones is 1. The van der Waals surface area contributed by atoms with Gasteiger partial charge in [-0.3, -0.25) is 19.4 Å². The number of nitrogens with one attached hydrogen (secondary N) is 1. The van der Waals surface area contributed by atoms with Gasteiger partial charge in [0.2, 0.25) is 5.91 Å². The Morgan fingerprint density at radius 3 is 2.54 bits per heavy atom. The van der Waals surface area contributed by atoms with Crippen molar-refractivity contribution in [3.63, 3.8) is 0 Å². The van der Waals surface area contributed by atoms with E-state index in [1.807, 2.05) is 31.7 Å². The Bertz CT molecular complexity index is 1490. The number of Topliss-reactive ketones (excluding diaryl/α,β-unsaturated/α-hetero) is 1. The van der Waals surface area contributed by atoms with Crippen LogP contribution in [0.2, 0.25) is 0 Å². The van der Waals surface area contributed by atoms with Crippen molar-refractivity contribution in [1.29, 1.82) is 0 Å². The van der Waals surface area contributed by atoms with Crippen LogP contribution in [-0.2, 0) is 4.79 Å². The molecule has 2 bridgehead atoms. The van der Waals surface area contributed by atoms with Gasteiger partial charge in [-0.2, -0.15) is 0 Å². The second kappa shape index (κ2) is 11.0. The Morgan fingerprint density at radius 2 is 1.88 bits per heavy atom. The SMILES string of the molecule is CCN(C(=O)c1cc(F)ccc1-n1cc(C(=O)C2CCN(C(=O)[C@H]3N[C@@H]4CC[C@H]3C4)CC2)c2ccncc21)C(C)C. The number of pyridine rings is 1. The molecule has 216 valence electrons. The first-order chi connectivity index (χ1) is 19.8. The number of nitrogens with zero attached hydrogens (tertiary/aromatic N) is 4. The summed E-state index contributed by atoms with van der Waals surface area (Å²) in [5.74, 6) is -0.313. The second-order valence-corrected chi connectivity index (χ2v) is 12.0. The topological polar surface area (TPSA) is 87.5 Å². The molecule has 3 atom stereocenters. The van der Waals surface area contributed by atoms with E-state index in [-0.39, 0.29) is 41.2 Å². The molecule has 6 rings (SSSR count). The van der Waals surface area contributed by atoms with Crippen molar-refractivity contribution in [1.82, 2.24) is 24.7 Å². The van der Waals surface area contributed by atoms with Gasteiger partial charge in [-0.15, -0.1) is 0 Å². The van der Waals surface area contributed by atoms with E-state index in [0.717, 1.165) is 24.6 Å². The van der Waals surface area contributed by atoms with Crippen molar-refractivity contribution in [3.8, 4) is 5.69 Å². The predicted octanol–water partition coefficient (Wildman–Crippen LogP) is 4.60. The van der Waals surface area contributed by atoms with E-state index in [1.165, 1.54) is 12.1 Å². The lowest BCUT2D eigenvalue weighted by Crippen LogP contribution is -2.51. The van der Waals surface area contributed by atoms with Gasteiger partial charge in [0.15, 0.2) is 5.78 Å². The zero-order valence-electron chi connectivity index (χ0n) is 24.0. The highest BCUT2D eigenvalue weighted by atomic mass is 19.1. The summed E-state index contributed by atoms with van der Waals surface area (Å²) < 4.78 is 16.2. The molecule has 3 fully saturated rings. The summed E-state index contributed by atoms with van der Waals surface area (Å²) in [6, 6.07) is 6.36. The number of halogens is 1. The Hall–Kier alpha value is -3.59. The maximum Gasteiger partial charge on any atom is 0.256 e. The molecule has 1 aliphatic carbocycles. The molecule has 2 aliphatic heterocycles. The zero-order valence-corrected chi connectivity index (χ0v) is 24.0. The first-order valence-corrected chi connectivity index (χ1v) is 14.9. The van der Waals surface area contributed by atoms with E-state index in [2.05, 4.69) is 10.3 Å². The maximum atomic E-state index is 14.4. The molecular formula is C32H38FN5O3. The van der Waals surface area contributed by atoms with Crippen LogP contribution in [0.5, 0.6) is 0 Å². The monoisotopic (exact) mass is 559 g/mol. The number of fused-ring (bicyclic) bond motifs is 3. The van der Waals surface area contributed by atoms with E-state index in [9.17, 15) is 18.8 Å². The Labute approximate surface area is 239 Å². The van der Waals surface area contributed by atoms with Crippen molar-refractivity contribution >= 4 is 28.5 Å². The van der Waals surface area contributed by atoms with Crippen LogP contribution < -0.4 is 5.32 Å². The molecule has 1 aromatic carbocycles. The summed E-state index contributed by atoms with van der Waals surface area (Å²) in [7, 11) is 0. The number of benzene rings is 1. The van der Waals surface area contributed by atoms with Crippen molar-refractivity contribution in [2.75, 3.05) is 19.6 Å². The van der Waals surface area contributed by atoms with Gasteiger partial charge >= 0.3 is 0 Å². The van der Waals surface area contributed by atoms with Crippen LogP contribution in [-0.4, -0.2) is 74.7 Å². The summed E-state index contributed by atoms with van der Waals surface area (Å²) in [6.07, 6.45) is 9.70. The maximum absolute atomic E-state index is 14.4. The van der Waals surface area contributed by atoms with Crippen LogP contribution in [0.4, 0.5) is 4.39 Å². The molecule has 9 heteroatoms. The van der Waals surface area contributed by atoms with Gasteiger partial charge in [-0.05, 0) is 83.1 Å². The highest BCUT2D eigenvalue weighted by Gasteiger charge is 2.44. The average molecular weight is 560 g/mol. The zero-order chi connectivity index (χ0) is 28.8. The van der Waals surface area contributed by atoms with Gasteiger partial charge in [-0.1, -0.05) is 0 Å². The predicted molar refractivity (Wildman–Crippen MR) is 155 cm³/mol. The van der Waals surface area contributed by atoms with Gasteiger partial charge in [0.25, 0.3) is 5.91 Å². The van der Waals surface area contributed by atoms with Gasteiger partial charge in [0.1, 0.15) is 5.82 Å². The molecule has 1 N–H and O–H groups in total. The van der Waals surface area contributed by atoms with Crippen LogP contribution in [0.25, 0.3) is 16.6 Å². The van der Waals surface area contributed by atoms with E-state index in [0.29, 0.717) is 61.2 Å². The van der Waals surface area contributed by atoms with Crippen LogP contribution in [0, 0.1) is 17.7 Å². The second-order valence-electron chi connectivity index (χ2n) is 12.0. The number of piperidine rings is 2. The Balaban J connectivity index is 1.27. The largest absolute Gasteiger partial charge is 0.341 e. The summed E-state index contributed by atoms with van der Waals surface area (Å²) in [5.41, 5.74) is 1.98. The van der Waals surface area contributed by atoms with E-state index >= 15 is 0 Å². The summed E-state index contributed by atoms with van der Waals surface area (Å²) in [4.78, 5) is 48.6. The molecule has 2 aromatic heterocycles. The summed E-state index contributed by atoms with van der Waals surface area (Å²) in [5, 5.41) is 4.25.